The Labute approximate surface area is 188 Å². The molecule has 3 aromatic rings. The van der Waals surface area contributed by atoms with Crippen molar-refractivity contribution in [1.82, 2.24) is 10.6 Å². The molecule has 0 unspecified atom stereocenters. The third-order valence-electron chi connectivity index (χ3n) is 4.89. The van der Waals surface area contributed by atoms with Crippen LogP contribution in [0.5, 0.6) is 5.75 Å². The zero-order chi connectivity index (χ0) is 22.9. The fraction of sp³-hybridized carbons (Fsp3) is 0.231. The Kier molecular flexibility index (Phi) is 7.86. The number of carbonyl (C=O) groups is 2. The highest BCUT2D eigenvalue weighted by molar-refractivity contribution is 6.05. The lowest BCUT2D eigenvalue weighted by Crippen LogP contribution is -2.37. The molecule has 0 saturated carbocycles. The fourth-order valence-corrected chi connectivity index (χ4v) is 3.28. The Hall–Kier alpha value is -3.80. The normalized spacial score (nSPS) is 12.3. The molecule has 1 aromatic heterocycles. The van der Waals surface area contributed by atoms with Crippen molar-refractivity contribution in [2.45, 2.75) is 26.3 Å². The summed E-state index contributed by atoms with van der Waals surface area (Å²) in [6, 6.07) is 19.6. The highest BCUT2D eigenvalue weighted by Crippen LogP contribution is 2.24. The van der Waals surface area contributed by atoms with Crippen molar-refractivity contribution in [3.05, 3.63) is 95.6 Å². The number of furan rings is 1. The maximum absolute atomic E-state index is 13.3. The average Bonchev–Trinajstić information content (AvgIpc) is 3.31. The van der Waals surface area contributed by atoms with Gasteiger partial charge in [0.25, 0.3) is 11.8 Å². The van der Waals surface area contributed by atoms with Gasteiger partial charge in [-0.05, 0) is 54.3 Å². The molecule has 0 bridgehead atoms. The van der Waals surface area contributed by atoms with Crippen molar-refractivity contribution >= 4 is 17.9 Å². The monoisotopic (exact) mass is 432 g/mol. The molecule has 0 spiro atoms. The maximum Gasteiger partial charge on any atom is 0.268 e. The number of benzene rings is 2. The highest BCUT2D eigenvalue weighted by atomic mass is 16.5. The Morgan fingerprint density at radius 3 is 2.31 bits per heavy atom. The number of ether oxygens (including phenoxy) is 1. The summed E-state index contributed by atoms with van der Waals surface area (Å²) < 4.78 is 10.6. The standard InChI is InChI=1S/C26H28N2O4/c1-18(2)16-23(19-11-13-21(31-3)14-12-19)27-26(30)24(17-22-10-7-15-32-22)28-25(29)20-8-5-4-6-9-20/h4-15,17-18,23H,16H2,1-3H3,(H,27,30)(H,28,29)/b24-17-/t23-/m1/s1. The second-order valence-electron chi connectivity index (χ2n) is 7.82. The lowest BCUT2D eigenvalue weighted by Gasteiger charge is -2.22. The van der Waals surface area contributed by atoms with Gasteiger partial charge in [-0.1, -0.05) is 44.2 Å². The van der Waals surface area contributed by atoms with Gasteiger partial charge in [-0.3, -0.25) is 9.59 Å². The second-order valence-corrected chi connectivity index (χ2v) is 7.82. The molecule has 6 heteroatoms. The van der Waals surface area contributed by atoms with E-state index in [1.165, 1.54) is 12.3 Å². The van der Waals surface area contributed by atoms with Gasteiger partial charge in [-0.2, -0.15) is 0 Å². The van der Waals surface area contributed by atoms with Gasteiger partial charge in [0.15, 0.2) is 0 Å². The molecule has 1 heterocycles. The quantitative estimate of drug-likeness (QED) is 0.468. The first-order valence-corrected chi connectivity index (χ1v) is 10.5. The summed E-state index contributed by atoms with van der Waals surface area (Å²) in [5.74, 6) is 0.791. The van der Waals surface area contributed by atoms with Gasteiger partial charge in [-0.25, -0.2) is 0 Å². The summed E-state index contributed by atoms with van der Waals surface area (Å²) in [7, 11) is 1.61. The zero-order valence-electron chi connectivity index (χ0n) is 18.5. The molecule has 32 heavy (non-hydrogen) atoms. The van der Waals surface area contributed by atoms with Crippen molar-refractivity contribution in [2.24, 2.45) is 5.92 Å². The van der Waals surface area contributed by atoms with Crippen molar-refractivity contribution in [1.29, 1.82) is 0 Å². The van der Waals surface area contributed by atoms with E-state index >= 15 is 0 Å². The summed E-state index contributed by atoms with van der Waals surface area (Å²) in [5.41, 5.74) is 1.52. The predicted molar refractivity (Wildman–Crippen MR) is 124 cm³/mol. The average molecular weight is 433 g/mol. The number of hydrogen-bond acceptors (Lipinski definition) is 4. The number of methoxy groups -OCH3 is 1. The molecular weight excluding hydrogens is 404 g/mol. The van der Waals surface area contributed by atoms with Crippen LogP contribution in [-0.4, -0.2) is 18.9 Å². The van der Waals surface area contributed by atoms with Crippen LogP contribution in [0.3, 0.4) is 0 Å². The number of rotatable bonds is 9. The van der Waals surface area contributed by atoms with Gasteiger partial charge in [0.05, 0.1) is 19.4 Å². The largest absolute Gasteiger partial charge is 0.497 e. The van der Waals surface area contributed by atoms with E-state index in [2.05, 4.69) is 24.5 Å². The zero-order valence-corrected chi connectivity index (χ0v) is 18.5. The minimum atomic E-state index is -0.396. The van der Waals surface area contributed by atoms with Gasteiger partial charge in [0, 0.05) is 11.6 Å². The molecule has 166 valence electrons. The number of carbonyl (C=O) groups excluding carboxylic acids is 2. The van der Waals surface area contributed by atoms with Crippen molar-refractivity contribution < 1.29 is 18.7 Å². The van der Waals surface area contributed by atoms with Gasteiger partial charge in [0.1, 0.15) is 17.2 Å². The second kappa shape index (κ2) is 11.0. The van der Waals surface area contributed by atoms with Crippen LogP contribution in [0.25, 0.3) is 6.08 Å². The molecule has 2 N–H and O–H groups in total. The van der Waals surface area contributed by atoms with Crippen LogP contribution in [0.2, 0.25) is 0 Å². The van der Waals surface area contributed by atoms with Crippen LogP contribution in [-0.2, 0) is 4.79 Å². The first kappa shape index (κ1) is 22.9. The lowest BCUT2D eigenvalue weighted by atomic mass is 9.96. The van der Waals surface area contributed by atoms with Crippen molar-refractivity contribution in [2.75, 3.05) is 7.11 Å². The summed E-state index contributed by atoms with van der Waals surface area (Å²) in [6.07, 6.45) is 3.77. The van der Waals surface area contributed by atoms with Crippen LogP contribution in [0.1, 0.15) is 48.0 Å². The number of nitrogens with one attached hydrogen (secondary N) is 2. The lowest BCUT2D eigenvalue weighted by molar-refractivity contribution is -0.118. The van der Waals surface area contributed by atoms with E-state index in [0.29, 0.717) is 17.2 Å². The summed E-state index contributed by atoms with van der Waals surface area (Å²) >= 11 is 0. The van der Waals surface area contributed by atoms with Crippen molar-refractivity contribution in [3.8, 4) is 5.75 Å². The van der Waals surface area contributed by atoms with Gasteiger partial charge >= 0.3 is 0 Å². The van der Waals surface area contributed by atoms with E-state index in [4.69, 9.17) is 9.15 Å². The van der Waals surface area contributed by atoms with Crippen LogP contribution in [0.15, 0.2) is 83.1 Å². The summed E-state index contributed by atoms with van der Waals surface area (Å²) in [6.45, 7) is 4.19. The van der Waals surface area contributed by atoms with E-state index in [0.717, 1.165) is 17.7 Å². The Morgan fingerprint density at radius 2 is 1.72 bits per heavy atom. The molecule has 0 aliphatic carbocycles. The van der Waals surface area contributed by atoms with Crippen molar-refractivity contribution in [3.63, 3.8) is 0 Å². The van der Waals surface area contributed by atoms with E-state index in [1.807, 2.05) is 30.3 Å². The van der Waals surface area contributed by atoms with Gasteiger partial charge in [0.2, 0.25) is 0 Å². The molecule has 2 aromatic carbocycles. The molecule has 3 rings (SSSR count). The highest BCUT2D eigenvalue weighted by Gasteiger charge is 2.21. The third kappa shape index (κ3) is 6.35. The van der Waals surface area contributed by atoms with Crippen LogP contribution < -0.4 is 15.4 Å². The molecular formula is C26H28N2O4. The minimum absolute atomic E-state index is 0.107. The van der Waals surface area contributed by atoms with E-state index in [9.17, 15) is 9.59 Å². The fourth-order valence-electron chi connectivity index (χ4n) is 3.28. The smallest absolute Gasteiger partial charge is 0.268 e. The molecule has 2 amide bonds. The van der Waals surface area contributed by atoms with Gasteiger partial charge < -0.3 is 19.8 Å². The topological polar surface area (TPSA) is 80.6 Å². The Balaban J connectivity index is 1.85. The molecule has 6 nitrogen and oxygen atoms in total. The maximum atomic E-state index is 13.3. The van der Waals surface area contributed by atoms with E-state index in [1.54, 1.807) is 43.5 Å². The Morgan fingerprint density at radius 1 is 1.00 bits per heavy atom. The minimum Gasteiger partial charge on any atom is -0.497 e. The van der Waals surface area contributed by atoms with E-state index < -0.39 is 5.91 Å². The summed E-state index contributed by atoms with van der Waals surface area (Å²) in [5, 5.41) is 5.80. The predicted octanol–water partition coefficient (Wildman–Crippen LogP) is 4.96. The Bertz CT molecular complexity index is 1040. The van der Waals surface area contributed by atoms with Crippen LogP contribution in [0.4, 0.5) is 0 Å². The number of amides is 2. The van der Waals surface area contributed by atoms with Gasteiger partial charge in [-0.15, -0.1) is 0 Å². The molecule has 0 radical (unpaired) electrons. The molecule has 0 aliphatic heterocycles. The first-order chi connectivity index (χ1) is 15.5. The van der Waals surface area contributed by atoms with E-state index in [-0.39, 0.29) is 17.6 Å². The first-order valence-electron chi connectivity index (χ1n) is 10.5. The van der Waals surface area contributed by atoms with Crippen LogP contribution >= 0.6 is 0 Å². The van der Waals surface area contributed by atoms with Crippen LogP contribution in [0, 0.1) is 5.92 Å². The summed E-state index contributed by atoms with van der Waals surface area (Å²) in [4.78, 5) is 26.0. The molecule has 0 fully saturated rings. The number of hydrogen-bond donors (Lipinski definition) is 2. The molecule has 0 saturated heterocycles. The third-order valence-corrected chi connectivity index (χ3v) is 4.89. The molecule has 1 atom stereocenters. The SMILES string of the molecule is COc1ccc([C@@H](CC(C)C)NC(=O)/C(=C/c2ccco2)NC(=O)c2ccccc2)cc1. The molecule has 0 aliphatic rings.